The summed E-state index contributed by atoms with van der Waals surface area (Å²) in [7, 11) is 0. The molecule has 0 amide bonds. The van der Waals surface area contributed by atoms with E-state index in [4.69, 9.17) is 18.3 Å². The first-order chi connectivity index (χ1) is 12.3. The van der Waals surface area contributed by atoms with Gasteiger partial charge in [0.15, 0.2) is 17.3 Å². The van der Waals surface area contributed by atoms with Crippen molar-refractivity contribution in [2.24, 2.45) is 0 Å². The Labute approximate surface area is 144 Å². The van der Waals surface area contributed by atoms with Gasteiger partial charge in [-0.25, -0.2) is 0 Å². The van der Waals surface area contributed by atoms with Crippen molar-refractivity contribution in [3.63, 3.8) is 0 Å². The zero-order valence-corrected chi connectivity index (χ0v) is 13.6. The minimum Gasteiger partial charge on any atom is -0.459 e. The van der Waals surface area contributed by atoms with Gasteiger partial charge in [0, 0.05) is 13.1 Å². The fraction of sp³-hybridized carbons (Fsp3) is 0.333. The van der Waals surface area contributed by atoms with Crippen LogP contribution in [-0.4, -0.2) is 35.0 Å². The molecule has 1 saturated heterocycles. The van der Waals surface area contributed by atoms with Crippen LogP contribution in [0.5, 0.6) is 11.5 Å². The molecule has 2 aliphatic rings. The lowest BCUT2D eigenvalue weighted by Gasteiger charge is -2.15. The van der Waals surface area contributed by atoms with Gasteiger partial charge < -0.3 is 18.3 Å². The minimum absolute atomic E-state index is 0.255. The van der Waals surface area contributed by atoms with E-state index in [1.54, 1.807) is 6.26 Å². The summed E-state index contributed by atoms with van der Waals surface area (Å²) in [6.45, 7) is 3.07. The first-order valence-electron chi connectivity index (χ1n) is 8.33. The van der Waals surface area contributed by atoms with Crippen LogP contribution in [0.15, 0.2) is 45.4 Å². The van der Waals surface area contributed by atoms with Crippen LogP contribution in [0, 0.1) is 0 Å². The zero-order chi connectivity index (χ0) is 16.6. The molecule has 1 atom stereocenters. The Morgan fingerprint density at radius 2 is 2.08 bits per heavy atom. The van der Waals surface area contributed by atoms with Gasteiger partial charge in [-0.1, -0.05) is 6.07 Å². The number of ether oxygens (including phenoxy) is 2. The first-order valence-corrected chi connectivity index (χ1v) is 8.33. The Morgan fingerprint density at radius 1 is 1.12 bits per heavy atom. The Kier molecular flexibility index (Phi) is 3.45. The van der Waals surface area contributed by atoms with Crippen molar-refractivity contribution in [1.29, 1.82) is 0 Å². The monoisotopic (exact) mass is 339 g/mol. The van der Waals surface area contributed by atoms with Gasteiger partial charge >= 0.3 is 0 Å². The van der Waals surface area contributed by atoms with Crippen molar-refractivity contribution in [2.45, 2.75) is 18.9 Å². The van der Waals surface area contributed by atoms with Crippen LogP contribution in [0.1, 0.15) is 23.8 Å². The number of hydrogen-bond donors (Lipinski definition) is 0. The van der Waals surface area contributed by atoms with E-state index < -0.39 is 0 Å². The van der Waals surface area contributed by atoms with Gasteiger partial charge in [-0.3, -0.25) is 4.90 Å². The lowest BCUT2D eigenvalue weighted by atomic mass is 10.1. The summed E-state index contributed by atoms with van der Waals surface area (Å²) in [5.41, 5.74) is 1.21. The average molecular weight is 339 g/mol. The summed E-state index contributed by atoms with van der Waals surface area (Å²) in [6, 6.07) is 9.73. The minimum atomic E-state index is 0.255. The maximum absolute atomic E-state index is 5.79. The van der Waals surface area contributed by atoms with E-state index in [-0.39, 0.29) is 5.92 Å². The number of aromatic nitrogens is 2. The van der Waals surface area contributed by atoms with Crippen LogP contribution >= 0.6 is 0 Å². The maximum atomic E-state index is 5.79. The van der Waals surface area contributed by atoms with E-state index in [0.29, 0.717) is 24.3 Å². The van der Waals surface area contributed by atoms with E-state index in [2.05, 4.69) is 27.2 Å². The van der Waals surface area contributed by atoms with E-state index in [9.17, 15) is 0 Å². The van der Waals surface area contributed by atoms with Gasteiger partial charge in [-0.15, -0.1) is 10.2 Å². The molecular formula is C18H17N3O4. The molecule has 128 valence electrons. The molecule has 0 saturated carbocycles. The second-order valence-electron chi connectivity index (χ2n) is 6.33. The highest BCUT2D eigenvalue weighted by atomic mass is 16.7. The second-order valence-corrected chi connectivity index (χ2v) is 6.33. The Hall–Kier alpha value is -2.80. The van der Waals surface area contributed by atoms with Crippen LogP contribution < -0.4 is 9.47 Å². The molecule has 4 heterocycles. The van der Waals surface area contributed by atoms with Gasteiger partial charge in [0.1, 0.15) is 0 Å². The molecule has 2 aliphatic heterocycles. The van der Waals surface area contributed by atoms with Gasteiger partial charge in [0.25, 0.3) is 5.89 Å². The first kappa shape index (κ1) is 14.5. The van der Waals surface area contributed by atoms with Crippen LogP contribution in [-0.2, 0) is 6.54 Å². The Morgan fingerprint density at radius 3 is 3.00 bits per heavy atom. The molecule has 7 nitrogen and oxygen atoms in total. The fourth-order valence-electron chi connectivity index (χ4n) is 3.37. The summed E-state index contributed by atoms with van der Waals surface area (Å²) < 4.78 is 21.9. The molecular weight excluding hydrogens is 322 g/mol. The molecule has 0 unspecified atom stereocenters. The summed E-state index contributed by atoms with van der Waals surface area (Å²) >= 11 is 0. The van der Waals surface area contributed by atoms with Crippen molar-refractivity contribution in [2.75, 3.05) is 19.9 Å². The van der Waals surface area contributed by atoms with E-state index in [1.165, 1.54) is 5.56 Å². The summed E-state index contributed by atoms with van der Waals surface area (Å²) in [5, 5.41) is 8.30. The zero-order valence-electron chi connectivity index (χ0n) is 13.6. The molecule has 5 rings (SSSR count). The number of fused-ring (bicyclic) bond motifs is 1. The van der Waals surface area contributed by atoms with Gasteiger partial charge in [-0.2, -0.15) is 0 Å². The molecule has 1 aromatic carbocycles. The average Bonchev–Trinajstić information content (AvgIpc) is 3.39. The Balaban J connectivity index is 1.25. The van der Waals surface area contributed by atoms with Crippen molar-refractivity contribution in [1.82, 2.24) is 15.1 Å². The third kappa shape index (κ3) is 2.76. The quantitative estimate of drug-likeness (QED) is 0.723. The number of benzene rings is 1. The molecule has 25 heavy (non-hydrogen) atoms. The topological polar surface area (TPSA) is 73.8 Å². The summed E-state index contributed by atoms with van der Waals surface area (Å²) in [6.07, 6.45) is 2.60. The fourth-order valence-corrected chi connectivity index (χ4v) is 3.37. The molecule has 0 spiro atoms. The van der Waals surface area contributed by atoms with Crippen LogP contribution in [0.4, 0.5) is 0 Å². The number of nitrogens with zero attached hydrogens (tertiary/aromatic N) is 3. The number of likely N-dealkylation sites (tertiary alicyclic amines) is 1. The van der Waals surface area contributed by atoms with Gasteiger partial charge in [0.2, 0.25) is 12.7 Å². The number of furan rings is 1. The second kappa shape index (κ2) is 5.93. The third-order valence-electron chi connectivity index (χ3n) is 4.64. The molecule has 0 N–H and O–H groups in total. The normalized spacial score (nSPS) is 19.6. The lowest BCUT2D eigenvalue weighted by Crippen LogP contribution is -2.19. The van der Waals surface area contributed by atoms with Crippen molar-refractivity contribution in [3.05, 3.63) is 48.0 Å². The largest absolute Gasteiger partial charge is 0.459 e. The predicted molar refractivity (Wildman–Crippen MR) is 87.2 cm³/mol. The smallest absolute Gasteiger partial charge is 0.283 e. The highest BCUT2D eigenvalue weighted by Crippen LogP contribution is 2.34. The van der Waals surface area contributed by atoms with Crippen LogP contribution in [0.3, 0.4) is 0 Å². The molecule has 3 aromatic rings. The molecule has 0 radical (unpaired) electrons. The van der Waals surface area contributed by atoms with E-state index in [0.717, 1.165) is 37.6 Å². The van der Waals surface area contributed by atoms with Gasteiger partial charge in [0.05, 0.1) is 12.2 Å². The van der Waals surface area contributed by atoms with Crippen molar-refractivity contribution < 1.29 is 18.3 Å². The maximum Gasteiger partial charge on any atom is 0.283 e. The number of rotatable bonds is 4. The predicted octanol–water partition coefficient (Wildman–Crippen LogP) is 3.05. The highest BCUT2D eigenvalue weighted by molar-refractivity contribution is 5.44. The van der Waals surface area contributed by atoms with E-state index in [1.807, 2.05) is 18.2 Å². The molecule has 7 heteroatoms. The van der Waals surface area contributed by atoms with E-state index >= 15 is 0 Å². The van der Waals surface area contributed by atoms with Crippen molar-refractivity contribution in [3.8, 4) is 23.1 Å². The van der Waals surface area contributed by atoms with Crippen molar-refractivity contribution >= 4 is 0 Å². The van der Waals surface area contributed by atoms with Crippen LogP contribution in [0.25, 0.3) is 11.7 Å². The molecule has 0 bridgehead atoms. The molecule has 0 aliphatic carbocycles. The SMILES string of the molecule is c1coc(-c2nnc([C@H]3CCN(Cc4ccc5c(c4)OCO5)C3)o2)c1. The summed E-state index contributed by atoms with van der Waals surface area (Å²) in [4.78, 5) is 2.39. The highest BCUT2D eigenvalue weighted by Gasteiger charge is 2.29. The lowest BCUT2D eigenvalue weighted by molar-refractivity contribution is 0.174. The third-order valence-corrected chi connectivity index (χ3v) is 4.64. The number of hydrogen-bond acceptors (Lipinski definition) is 7. The summed E-state index contributed by atoms with van der Waals surface area (Å²) in [5.74, 6) is 3.63. The molecule has 1 fully saturated rings. The Bertz CT molecular complexity index is 874. The standard InChI is InChI=1S/C18H17N3O4/c1-2-15(22-7-1)18-20-19-17(25-18)13-5-6-21(10-13)9-12-3-4-14-16(8-12)24-11-23-14/h1-4,7-8,13H,5-6,9-11H2/t13-/m0/s1. The van der Waals surface area contributed by atoms with Crippen LogP contribution in [0.2, 0.25) is 0 Å². The van der Waals surface area contributed by atoms with Gasteiger partial charge in [-0.05, 0) is 42.8 Å². The molecule has 2 aromatic heterocycles.